The summed E-state index contributed by atoms with van der Waals surface area (Å²) in [5, 5.41) is 22.1. The largest absolute Gasteiger partial charge is 0.395 e. The van der Waals surface area contributed by atoms with Crippen LogP contribution in [0.4, 0.5) is 16.2 Å². The van der Waals surface area contributed by atoms with Gasteiger partial charge in [0.05, 0.1) is 28.0 Å². The first-order valence-electron chi connectivity index (χ1n) is 16.0. The molecule has 1 atom stereocenters. The summed E-state index contributed by atoms with van der Waals surface area (Å²) in [5.74, 6) is -0.128. The number of hydrogen-bond acceptors (Lipinski definition) is 7. The van der Waals surface area contributed by atoms with Crippen LogP contribution >= 0.6 is 45.8 Å². The van der Waals surface area contributed by atoms with Crippen LogP contribution in [0.25, 0.3) is 22.4 Å². The second-order valence-electron chi connectivity index (χ2n) is 11.5. The number of nitrogens with zero attached hydrogens (tertiary/aromatic N) is 4. The van der Waals surface area contributed by atoms with E-state index in [1.165, 1.54) is 23.1 Å². The van der Waals surface area contributed by atoms with E-state index in [1.807, 2.05) is 56.4 Å². The average Bonchev–Trinajstić information content (AvgIpc) is 3.08. The van der Waals surface area contributed by atoms with Crippen molar-refractivity contribution in [2.75, 3.05) is 43.9 Å². The van der Waals surface area contributed by atoms with Crippen LogP contribution in [0.15, 0.2) is 71.8 Å². The van der Waals surface area contributed by atoms with Crippen LogP contribution in [0.1, 0.15) is 53.4 Å². The molecule has 0 fully saturated rings. The molecule has 4 rings (SSSR count). The van der Waals surface area contributed by atoms with Gasteiger partial charge in [-0.2, -0.15) is 5.10 Å². The first-order chi connectivity index (χ1) is 23.6. The lowest BCUT2D eigenvalue weighted by atomic mass is 9.99. The normalized spacial score (nSPS) is 11.7. The van der Waals surface area contributed by atoms with E-state index in [4.69, 9.17) is 28.3 Å². The Kier molecular flexibility index (Phi) is 14.8. The Morgan fingerprint density at radius 1 is 0.918 bits per heavy atom. The van der Waals surface area contributed by atoms with Crippen molar-refractivity contribution in [3.05, 3.63) is 93.0 Å². The Balaban J connectivity index is 1.43. The van der Waals surface area contributed by atoms with Crippen LogP contribution < -0.4 is 21.5 Å². The zero-order valence-corrected chi connectivity index (χ0v) is 31.1. The fraction of sp³-hybridized carbons (Fsp3) is 0.343. The molecule has 2 heterocycles. The number of nitrogens with one attached hydrogen (secondary N) is 3. The number of aliphatic hydroxyl groups is 1. The minimum atomic E-state index is -0.709. The van der Waals surface area contributed by atoms with Crippen molar-refractivity contribution in [3.8, 4) is 22.4 Å². The van der Waals surface area contributed by atoms with E-state index in [-0.39, 0.29) is 38.0 Å². The molecule has 11 nitrogen and oxygen atoms in total. The standard InChI is InChI=1S/C35H40Cl2IN7O4/c1-23(38)45-34(48)31(41-35(49)42-32-28(36)21-39-22-29(32)37)20-30(43-45)26-12-8-10-24(18-26)25-11-9-13-27(19-25)33(47)40-14-6-4-3-5-7-15-44(2)16-17-46/h8-13,18-23,46H,3-7,14-17H2,1-2H3,(H,40,47)(H2,39,41,42,49). The number of carbonyl (C=O) groups is 2. The van der Waals surface area contributed by atoms with Crippen LogP contribution in [-0.2, 0) is 0 Å². The molecule has 0 radical (unpaired) electrons. The van der Waals surface area contributed by atoms with E-state index in [0.717, 1.165) is 49.8 Å². The third-order valence-electron chi connectivity index (χ3n) is 7.71. The van der Waals surface area contributed by atoms with E-state index >= 15 is 0 Å². The number of rotatable bonds is 16. The van der Waals surface area contributed by atoms with Gasteiger partial charge in [-0.05, 0) is 68.8 Å². The van der Waals surface area contributed by atoms with Gasteiger partial charge in [0, 0.05) is 36.6 Å². The minimum Gasteiger partial charge on any atom is -0.395 e. The first-order valence-corrected chi connectivity index (χ1v) is 18.0. The molecule has 4 aromatic rings. The molecule has 14 heteroatoms. The van der Waals surface area contributed by atoms with Crippen LogP contribution in [0.5, 0.6) is 0 Å². The molecule has 0 aliphatic carbocycles. The SMILES string of the molecule is CC(I)n1nc(-c2cccc(-c3cccc(C(=O)NCCCCCCCN(C)CCO)c3)c2)cc(NC(=O)Nc2c(Cl)cncc2Cl)c1=O. The number of urea groups is 1. The zero-order chi connectivity index (χ0) is 35.3. The van der Waals surface area contributed by atoms with Crippen molar-refractivity contribution in [3.63, 3.8) is 0 Å². The fourth-order valence-electron chi connectivity index (χ4n) is 5.10. The number of alkyl halides is 1. The predicted molar refractivity (Wildman–Crippen MR) is 205 cm³/mol. The first kappa shape index (κ1) is 38.2. The maximum atomic E-state index is 13.2. The highest BCUT2D eigenvalue weighted by atomic mass is 127. The summed E-state index contributed by atoms with van der Waals surface area (Å²) in [5.41, 5.74) is 3.14. The number of aromatic nitrogens is 3. The topological polar surface area (TPSA) is 141 Å². The van der Waals surface area contributed by atoms with Crippen molar-refractivity contribution in [1.29, 1.82) is 0 Å². The summed E-state index contributed by atoms with van der Waals surface area (Å²) in [6.07, 6.45) is 7.99. The van der Waals surface area contributed by atoms with Gasteiger partial charge < -0.3 is 26.0 Å². The van der Waals surface area contributed by atoms with Crippen molar-refractivity contribution in [2.24, 2.45) is 0 Å². The van der Waals surface area contributed by atoms with Gasteiger partial charge in [0.25, 0.3) is 11.5 Å². The molecule has 49 heavy (non-hydrogen) atoms. The fourth-order valence-corrected chi connectivity index (χ4v) is 5.94. The Labute approximate surface area is 309 Å². The number of pyridine rings is 1. The summed E-state index contributed by atoms with van der Waals surface area (Å²) >= 11 is 14.4. The van der Waals surface area contributed by atoms with Crippen LogP contribution in [0, 0.1) is 0 Å². The average molecular weight is 821 g/mol. The Morgan fingerprint density at radius 3 is 2.29 bits per heavy atom. The minimum absolute atomic E-state index is 0.0158. The lowest BCUT2D eigenvalue weighted by Gasteiger charge is -2.15. The van der Waals surface area contributed by atoms with E-state index < -0.39 is 11.6 Å². The third kappa shape index (κ3) is 11.2. The molecule has 260 valence electrons. The molecular formula is C35H40Cl2IN7O4. The molecule has 0 saturated carbocycles. The highest BCUT2D eigenvalue weighted by Crippen LogP contribution is 2.30. The Morgan fingerprint density at radius 2 is 1.57 bits per heavy atom. The molecule has 0 bridgehead atoms. The third-order valence-corrected chi connectivity index (χ3v) is 8.81. The maximum Gasteiger partial charge on any atom is 0.323 e. The van der Waals surface area contributed by atoms with Crippen LogP contribution in [0.3, 0.4) is 0 Å². The number of benzene rings is 2. The lowest BCUT2D eigenvalue weighted by molar-refractivity contribution is 0.0953. The summed E-state index contributed by atoms with van der Waals surface area (Å²) < 4.78 is 0.980. The second kappa shape index (κ2) is 19.0. The molecule has 0 aliphatic rings. The summed E-state index contributed by atoms with van der Waals surface area (Å²) in [6.45, 7) is 4.28. The number of likely N-dealkylation sites (N-methyl/N-ethyl adjacent to an activating group) is 1. The van der Waals surface area contributed by atoms with Gasteiger partial charge >= 0.3 is 6.03 Å². The summed E-state index contributed by atoms with van der Waals surface area (Å²) in [6, 6.07) is 15.8. The van der Waals surface area contributed by atoms with Gasteiger partial charge in [-0.3, -0.25) is 14.6 Å². The molecular weight excluding hydrogens is 780 g/mol. The maximum absolute atomic E-state index is 13.2. The van der Waals surface area contributed by atoms with E-state index in [0.29, 0.717) is 29.9 Å². The number of hydrogen-bond donors (Lipinski definition) is 4. The van der Waals surface area contributed by atoms with E-state index in [9.17, 15) is 14.4 Å². The van der Waals surface area contributed by atoms with Gasteiger partial charge in [0.1, 0.15) is 9.74 Å². The number of aliphatic hydroxyl groups excluding tert-OH is 1. The highest BCUT2D eigenvalue weighted by Gasteiger charge is 2.17. The van der Waals surface area contributed by atoms with Gasteiger partial charge in [-0.25, -0.2) is 9.48 Å². The number of unbranched alkanes of at least 4 members (excludes halogenated alkanes) is 4. The Hall–Kier alpha value is -3.56. The molecule has 2 aromatic heterocycles. The van der Waals surface area contributed by atoms with E-state index in [1.54, 1.807) is 6.07 Å². The monoisotopic (exact) mass is 819 g/mol. The van der Waals surface area contributed by atoms with Crippen molar-refractivity contribution in [1.82, 2.24) is 25.0 Å². The number of amides is 3. The van der Waals surface area contributed by atoms with Crippen molar-refractivity contribution in [2.45, 2.75) is 43.1 Å². The van der Waals surface area contributed by atoms with Gasteiger partial charge in [0.2, 0.25) is 0 Å². The van der Waals surface area contributed by atoms with Crippen LogP contribution in [-0.4, -0.2) is 70.0 Å². The summed E-state index contributed by atoms with van der Waals surface area (Å²) in [4.78, 5) is 45.1. The molecule has 0 spiro atoms. The predicted octanol–water partition coefficient (Wildman–Crippen LogP) is 7.48. The van der Waals surface area contributed by atoms with Crippen molar-refractivity contribution >= 4 is 69.1 Å². The molecule has 4 N–H and O–H groups in total. The Bertz CT molecular complexity index is 1780. The van der Waals surface area contributed by atoms with Gasteiger partial charge in [-0.15, -0.1) is 0 Å². The van der Waals surface area contributed by atoms with Crippen LogP contribution in [0.2, 0.25) is 10.0 Å². The molecule has 0 saturated heterocycles. The summed E-state index contributed by atoms with van der Waals surface area (Å²) in [7, 11) is 2.02. The lowest BCUT2D eigenvalue weighted by Crippen LogP contribution is -2.30. The quantitative estimate of drug-likeness (QED) is 0.0522. The van der Waals surface area contributed by atoms with Gasteiger partial charge in [-0.1, -0.05) is 95.4 Å². The number of anilines is 2. The molecule has 2 aromatic carbocycles. The van der Waals surface area contributed by atoms with E-state index in [2.05, 4.69) is 53.5 Å². The molecule has 0 aliphatic heterocycles. The van der Waals surface area contributed by atoms with Crippen molar-refractivity contribution < 1.29 is 14.7 Å². The smallest absolute Gasteiger partial charge is 0.323 e. The second-order valence-corrected chi connectivity index (χ2v) is 14.2. The molecule has 3 amide bonds. The highest BCUT2D eigenvalue weighted by molar-refractivity contribution is 14.1. The number of halogens is 3. The number of carbonyl (C=O) groups excluding carboxylic acids is 2. The molecule has 1 unspecified atom stereocenters. The zero-order valence-electron chi connectivity index (χ0n) is 27.4. The van der Waals surface area contributed by atoms with Gasteiger partial charge in [0.15, 0.2) is 0 Å².